The van der Waals surface area contributed by atoms with E-state index < -0.39 is 17.7 Å². The fraction of sp³-hybridized carbons (Fsp3) is 0.360. The van der Waals surface area contributed by atoms with Crippen molar-refractivity contribution in [3.8, 4) is 11.5 Å². The zero-order chi connectivity index (χ0) is 23.4. The van der Waals surface area contributed by atoms with Gasteiger partial charge in [-0.05, 0) is 57.8 Å². The molecule has 170 valence electrons. The third-order valence-corrected chi connectivity index (χ3v) is 5.22. The van der Waals surface area contributed by atoms with Gasteiger partial charge in [0.15, 0.2) is 0 Å². The Morgan fingerprint density at radius 1 is 1.09 bits per heavy atom. The van der Waals surface area contributed by atoms with Gasteiger partial charge in [-0.2, -0.15) is 0 Å². The van der Waals surface area contributed by atoms with Crippen LogP contribution in [0, 0.1) is 0 Å². The van der Waals surface area contributed by atoms with E-state index >= 15 is 0 Å². The van der Waals surface area contributed by atoms with E-state index in [0.717, 1.165) is 0 Å². The zero-order valence-corrected chi connectivity index (χ0v) is 19.2. The Labute approximate surface area is 188 Å². The molecule has 32 heavy (non-hydrogen) atoms. The van der Waals surface area contributed by atoms with Crippen molar-refractivity contribution in [3.05, 3.63) is 65.2 Å². The van der Waals surface area contributed by atoms with Gasteiger partial charge in [0.25, 0.3) is 11.7 Å². The van der Waals surface area contributed by atoms with E-state index in [1.54, 1.807) is 24.3 Å². The minimum atomic E-state index is -0.725. The number of likely N-dealkylation sites (tertiary alicyclic amines) is 1. The van der Waals surface area contributed by atoms with E-state index in [2.05, 4.69) is 0 Å². The second kappa shape index (κ2) is 9.87. The topological polar surface area (TPSA) is 79.3 Å². The van der Waals surface area contributed by atoms with Gasteiger partial charge in [0, 0.05) is 18.7 Å². The maximum Gasteiger partial charge on any atom is 0.295 e. The Bertz CT molecular complexity index is 1030. The van der Waals surface area contributed by atoms with E-state index in [-0.39, 0.29) is 17.4 Å². The molecule has 1 heterocycles. The molecule has 0 aromatic heterocycles. The number of likely N-dealkylation sites (N-methyl/N-ethyl adjacent to an activating group) is 1. The third-order valence-electron chi connectivity index (χ3n) is 5.22. The predicted molar refractivity (Wildman–Crippen MR) is 123 cm³/mol. The van der Waals surface area contributed by atoms with Gasteiger partial charge < -0.3 is 24.4 Å². The first kappa shape index (κ1) is 23.3. The van der Waals surface area contributed by atoms with Crippen LogP contribution >= 0.6 is 0 Å². The van der Waals surface area contributed by atoms with Crippen LogP contribution in [-0.4, -0.2) is 67.0 Å². The smallest absolute Gasteiger partial charge is 0.295 e. The summed E-state index contributed by atoms with van der Waals surface area (Å²) >= 11 is 0. The number of hydrogen-bond acceptors (Lipinski definition) is 6. The van der Waals surface area contributed by atoms with Crippen LogP contribution in [0.25, 0.3) is 5.76 Å². The average Bonchev–Trinajstić information content (AvgIpc) is 3.01. The van der Waals surface area contributed by atoms with Crippen molar-refractivity contribution in [3.63, 3.8) is 0 Å². The normalized spacial score (nSPS) is 18.0. The van der Waals surface area contributed by atoms with E-state index in [1.807, 2.05) is 57.1 Å². The van der Waals surface area contributed by atoms with Crippen molar-refractivity contribution in [2.45, 2.75) is 26.0 Å². The molecule has 1 fully saturated rings. The van der Waals surface area contributed by atoms with Crippen LogP contribution in [0.5, 0.6) is 11.5 Å². The minimum Gasteiger partial charge on any atom is -0.507 e. The standard InChI is InChI=1S/C25H30N2O5/c1-16(2)32-20-11-6-8-17(14-20)22-21(23(28)18-9-7-10-19(15-18)31-5)24(29)25(30)27(22)13-12-26(3)4/h6-11,14-16,22,28H,12-13H2,1-5H3/b23-21-. The highest BCUT2D eigenvalue weighted by Gasteiger charge is 2.46. The van der Waals surface area contributed by atoms with Crippen LogP contribution < -0.4 is 9.47 Å². The highest BCUT2D eigenvalue weighted by atomic mass is 16.5. The Hall–Kier alpha value is -3.32. The van der Waals surface area contributed by atoms with Crippen molar-refractivity contribution in [2.75, 3.05) is 34.3 Å². The maximum absolute atomic E-state index is 13.1. The van der Waals surface area contributed by atoms with Crippen LogP contribution in [0.1, 0.15) is 31.0 Å². The summed E-state index contributed by atoms with van der Waals surface area (Å²) in [6, 6.07) is 13.4. The molecule has 1 aliphatic rings. The van der Waals surface area contributed by atoms with E-state index in [4.69, 9.17) is 9.47 Å². The number of ketones is 1. The molecule has 3 rings (SSSR count). The second-order valence-electron chi connectivity index (χ2n) is 8.27. The third kappa shape index (κ3) is 4.94. The quantitative estimate of drug-likeness (QED) is 0.386. The molecule has 0 radical (unpaired) electrons. The monoisotopic (exact) mass is 438 g/mol. The molecule has 0 aliphatic carbocycles. The first-order valence-corrected chi connectivity index (χ1v) is 10.6. The summed E-state index contributed by atoms with van der Waals surface area (Å²) < 4.78 is 11.1. The largest absolute Gasteiger partial charge is 0.507 e. The predicted octanol–water partition coefficient (Wildman–Crippen LogP) is 3.47. The Morgan fingerprint density at radius 2 is 1.78 bits per heavy atom. The lowest BCUT2D eigenvalue weighted by molar-refractivity contribution is -0.140. The highest BCUT2D eigenvalue weighted by molar-refractivity contribution is 6.46. The van der Waals surface area contributed by atoms with Gasteiger partial charge >= 0.3 is 0 Å². The molecule has 7 heteroatoms. The van der Waals surface area contributed by atoms with Crippen LogP contribution in [0.4, 0.5) is 0 Å². The van der Waals surface area contributed by atoms with Gasteiger partial charge in [-0.1, -0.05) is 24.3 Å². The van der Waals surface area contributed by atoms with Gasteiger partial charge in [-0.25, -0.2) is 0 Å². The molecule has 0 spiro atoms. The summed E-state index contributed by atoms with van der Waals surface area (Å²) in [7, 11) is 5.33. The molecule has 1 amide bonds. The van der Waals surface area contributed by atoms with Gasteiger partial charge in [-0.3, -0.25) is 9.59 Å². The number of rotatable bonds is 8. The summed E-state index contributed by atoms with van der Waals surface area (Å²) in [4.78, 5) is 29.5. The molecule has 0 saturated carbocycles. The van der Waals surface area contributed by atoms with E-state index in [0.29, 0.717) is 35.7 Å². The molecule has 1 atom stereocenters. The van der Waals surface area contributed by atoms with Gasteiger partial charge in [0.2, 0.25) is 0 Å². The SMILES string of the molecule is COc1cccc(/C(O)=C2/C(=O)C(=O)N(CCN(C)C)C2c2cccc(OC(C)C)c2)c1. The van der Waals surface area contributed by atoms with Gasteiger partial charge in [0.05, 0.1) is 24.8 Å². The van der Waals surface area contributed by atoms with Crippen LogP contribution in [0.15, 0.2) is 54.1 Å². The fourth-order valence-electron chi connectivity index (χ4n) is 3.72. The zero-order valence-electron chi connectivity index (χ0n) is 19.2. The summed E-state index contributed by atoms with van der Waals surface area (Å²) in [6.45, 7) is 4.77. The van der Waals surface area contributed by atoms with Crippen LogP contribution in [-0.2, 0) is 9.59 Å². The lowest BCUT2D eigenvalue weighted by atomic mass is 9.95. The Kier molecular flexibility index (Phi) is 7.20. The van der Waals surface area contributed by atoms with E-state index in [9.17, 15) is 14.7 Å². The van der Waals surface area contributed by atoms with Crippen molar-refractivity contribution in [1.82, 2.24) is 9.80 Å². The average molecular weight is 439 g/mol. The first-order chi connectivity index (χ1) is 15.2. The molecule has 2 aromatic carbocycles. The van der Waals surface area contributed by atoms with Crippen LogP contribution in [0.2, 0.25) is 0 Å². The number of aliphatic hydroxyl groups excluding tert-OH is 1. The summed E-state index contributed by atoms with van der Waals surface area (Å²) in [5, 5.41) is 11.2. The van der Waals surface area contributed by atoms with Crippen LogP contribution in [0.3, 0.4) is 0 Å². The fourth-order valence-corrected chi connectivity index (χ4v) is 3.72. The van der Waals surface area contributed by atoms with E-state index in [1.165, 1.54) is 12.0 Å². The molecule has 0 bridgehead atoms. The lowest BCUT2D eigenvalue weighted by Gasteiger charge is -2.27. The Balaban J connectivity index is 2.15. The molecule has 1 aliphatic heterocycles. The summed E-state index contributed by atoms with van der Waals surface area (Å²) in [5.74, 6) is -0.382. The number of nitrogens with zero attached hydrogens (tertiary/aromatic N) is 2. The first-order valence-electron chi connectivity index (χ1n) is 10.6. The number of amides is 1. The second-order valence-corrected chi connectivity index (χ2v) is 8.27. The molecule has 1 unspecified atom stereocenters. The van der Waals surface area contributed by atoms with Crippen molar-refractivity contribution in [1.29, 1.82) is 0 Å². The van der Waals surface area contributed by atoms with Gasteiger partial charge in [-0.15, -0.1) is 0 Å². The number of carbonyl (C=O) groups is 2. The number of ether oxygens (including phenoxy) is 2. The number of Topliss-reactive ketones (excluding diaryl/α,β-unsaturated/α-hetero) is 1. The molecular weight excluding hydrogens is 408 g/mol. The maximum atomic E-state index is 13.1. The Morgan fingerprint density at radius 3 is 2.44 bits per heavy atom. The lowest BCUT2D eigenvalue weighted by Crippen LogP contribution is -2.35. The highest BCUT2D eigenvalue weighted by Crippen LogP contribution is 2.40. The van der Waals surface area contributed by atoms with Gasteiger partial charge in [0.1, 0.15) is 17.3 Å². The summed E-state index contributed by atoms with van der Waals surface area (Å²) in [5.41, 5.74) is 1.17. The molecular formula is C25H30N2O5. The minimum absolute atomic E-state index is 0.0258. The number of methoxy groups -OCH3 is 1. The molecule has 2 aromatic rings. The van der Waals surface area contributed by atoms with Crippen molar-refractivity contribution in [2.24, 2.45) is 0 Å². The molecule has 7 nitrogen and oxygen atoms in total. The number of carbonyl (C=O) groups excluding carboxylic acids is 2. The number of hydrogen-bond donors (Lipinski definition) is 1. The summed E-state index contributed by atoms with van der Waals surface area (Å²) in [6.07, 6.45) is -0.0258. The molecule has 1 N–H and O–H groups in total. The molecule has 1 saturated heterocycles. The number of aliphatic hydroxyl groups is 1. The van der Waals surface area contributed by atoms with Crippen molar-refractivity contribution < 1.29 is 24.2 Å². The number of benzene rings is 2. The van der Waals surface area contributed by atoms with Crippen molar-refractivity contribution >= 4 is 17.4 Å².